The minimum atomic E-state index is -0.462. The number of carbonyl (C=O) groups excluding carboxylic acids is 1. The van der Waals surface area contributed by atoms with Crippen LogP contribution in [0.15, 0.2) is 42.5 Å². The summed E-state index contributed by atoms with van der Waals surface area (Å²) in [5.74, 6) is 1.58. The first-order valence-corrected chi connectivity index (χ1v) is 9.41. The van der Waals surface area contributed by atoms with Crippen molar-refractivity contribution < 1.29 is 14.3 Å². The lowest BCUT2D eigenvalue weighted by Crippen LogP contribution is -2.36. The second-order valence-electron chi connectivity index (χ2n) is 7.88. The fraction of sp³-hybridized carbons (Fsp3) is 0.435. The molecule has 1 aliphatic rings. The van der Waals surface area contributed by atoms with Gasteiger partial charge in [0.05, 0.1) is 18.1 Å². The van der Waals surface area contributed by atoms with Crippen LogP contribution in [0, 0.1) is 6.92 Å². The van der Waals surface area contributed by atoms with Crippen LogP contribution in [0.5, 0.6) is 11.5 Å². The largest absolute Gasteiger partial charge is 0.491 e. The number of ether oxygens (including phenoxy) is 2. The van der Waals surface area contributed by atoms with E-state index in [1.807, 2.05) is 39.0 Å². The number of hydrogen-bond donors (Lipinski definition) is 0. The van der Waals surface area contributed by atoms with E-state index in [1.54, 1.807) is 0 Å². The maximum absolute atomic E-state index is 12.4. The number of Topliss-reactive ketones (excluding diaryl/α,β-unsaturated/α-hetero) is 1. The smallest absolute Gasteiger partial charge is 0.170 e. The highest BCUT2D eigenvalue weighted by Crippen LogP contribution is 2.38. The summed E-state index contributed by atoms with van der Waals surface area (Å²) < 4.78 is 12.1. The molecular weight excluding hydrogens is 324 g/mol. The zero-order valence-electron chi connectivity index (χ0n) is 16.2. The van der Waals surface area contributed by atoms with Gasteiger partial charge in [0.1, 0.15) is 17.1 Å². The summed E-state index contributed by atoms with van der Waals surface area (Å²) in [6.45, 7) is 7.94. The van der Waals surface area contributed by atoms with Gasteiger partial charge in [-0.1, -0.05) is 30.3 Å². The number of rotatable bonds is 6. The third-order valence-electron chi connectivity index (χ3n) is 4.78. The van der Waals surface area contributed by atoms with Gasteiger partial charge < -0.3 is 9.47 Å². The Labute approximate surface area is 156 Å². The molecule has 2 aromatic rings. The molecule has 0 aliphatic carbocycles. The Kier molecular flexibility index (Phi) is 5.36. The van der Waals surface area contributed by atoms with E-state index < -0.39 is 5.60 Å². The maximum atomic E-state index is 12.4. The second kappa shape index (κ2) is 7.53. The van der Waals surface area contributed by atoms with Crippen LogP contribution in [0.1, 0.15) is 61.5 Å². The third-order valence-corrected chi connectivity index (χ3v) is 4.78. The van der Waals surface area contributed by atoms with Gasteiger partial charge in [0.2, 0.25) is 0 Å². The summed E-state index contributed by atoms with van der Waals surface area (Å²) in [6.07, 6.45) is 3.65. The molecule has 3 heteroatoms. The van der Waals surface area contributed by atoms with E-state index in [0.717, 1.165) is 30.6 Å². The molecule has 3 rings (SSSR count). The summed E-state index contributed by atoms with van der Waals surface area (Å²) >= 11 is 0. The number of benzene rings is 2. The van der Waals surface area contributed by atoms with Crippen LogP contribution in [-0.2, 0) is 6.42 Å². The second-order valence-corrected chi connectivity index (χ2v) is 7.88. The van der Waals surface area contributed by atoms with Gasteiger partial charge in [0.15, 0.2) is 5.78 Å². The van der Waals surface area contributed by atoms with Crippen LogP contribution in [0.25, 0.3) is 0 Å². The van der Waals surface area contributed by atoms with Crippen molar-refractivity contribution in [1.82, 2.24) is 0 Å². The number of ketones is 1. The topological polar surface area (TPSA) is 35.5 Å². The van der Waals surface area contributed by atoms with Crippen molar-refractivity contribution in [1.29, 1.82) is 0 Å². The van der Waals surface area contributed by atoms with Crippen molar-refractivity contribution in [3.63, 3.8) is 0 Å². The van der Waals surface area contributed by atoms with E-state index in [9.17, 15) is 4.79 Å². The Morgan fingerprint density at radius 3 is 2.65 bits per heavy atom. The Morgan fingerprint density at radius 1 is 1.19 bits per heavy atom. The van der Waals surface area contributed by atoms with E-state index >= 15 is 0 Å². The highest BCUT2D eigenvalue weighted by Gasteiger charge is 2.34. The Bertz CT molecular complexity index is 778. The van der Waals surface area contributed by atoms with Crippen LogP contribution >= 0.6 is 0 Å². The zero-order chi connectivity index (χ0) is 18.7. The van der Waals surface area contributed by atoms with E-state index in [4.69, 9.17) is 9.47 Å². The van der Waals surface area contributed by atoms with Gasteiger partial charge in [0, 0.05) is 6.07 Å². The van der Waals surface area contributed by atoms with Gasteiger partial charge >= 0.3 is 0 Å². The molecule has 1 unspecified atom stereocenters. The fourth-order valence-electron chi connectivity index (χ4n) is 3.57. The summed E-state index contributed by atoms with van der Waals surface area (Å²) in [5, 5.41) is 0. The lowest BCUT2D eigenvalue weighted by atomic mass is 9.90. The highest BCUT2D eigenvalue weighted by atomic mass is 16.5. The molecule has 3 nitrogen and oxygen atoms in total. The molecular formula is C23H28O3. The standard InChI is InChI=1S/C23H28O3/c1-16-13-19(14-21-22(16)20(24)15-23(3,4)26-21)25-17(2)9-8-12-18-10-6-5-7-11-18/h5-7,10-11,13-14,17H,8-9,12,15H2,1-4H3. The van der Waals surface area contributed by atoms with Gasteiger partial charge in [0.25, 0.3) is 0 Å². The summed E-state index contributed by atoms with van der Waals surface area (Å²) in [5.41, 5.74) is 2.53. The molecule has 1 aliphatic heterocycles. The van der Waals surface area contributed by atoms with Crippen molar-refractivity contribution in [2.75, 3.05) is 0 Å². The Balaban J connectivity index is 1.63. The van der Waals surface area contributed by atoms with E-state index in [0.29, 0.717) is 17.7 Å². The molecule has 1 heterocycles. The van der Waals surface area contributed by atoms with Gasteiger partial charge in [-0.15, -0.1) is 0 Å². The van der Waals surface area contributed by atoms with Gasteiger partial charge in [-0.25, -0.2) is 0 Å². The lowest BCUT2D eigenvalue weighted by molar-refractivity contribution is 0.0616. The first kappa shape index (κ1) is 18.5. The maximum Gasteiger partial charge on any atom is 0.170 e. The van der Waals surface area contributed by atoms with Gasteiger partial charge in [-0.05, 0) is 64.2 Å². The average Bonchev–Trinajstić information content (AvgIpc) is 2.53. The van der Waals surface area contributed by atoms with Crippen molar-refractivity contribution in [2.45, 2.75) is 65.1 Å². The molecule has 1 atom stereocenters. The van der Waals surface area contributed by atoms with E-state index in [2.05, 4.69) is 31.2 Å². The van der Waals surface area contributed by atoms with Crippen LogP contribution in [0.2, 0.25) is 0 Å². The van der Waals surface area contributed by atoms with Crippen LogP contribution in [0.3, 0.4) is 0 Å². The van der Waals surface area contributed by atoms with Crippen molar-refractivity contribution >= 4 is 5.78 Å². The highest BCUT2D eigenvalue weighted by molar-refractivity contribution is 6.01. The number of fused-ring (bicyclic) bond motifs is 1. The summed E-state index contributed by atoms with van der Waals surface area (Å²) in [4.78, 5) is 12.4. The third kappa shape index (κ3) is 4.46. The molecule has 0 aromatic heterocycles. The number of hydrogen-bond acceptors (Lipinski definition) is 3. The molecule has 0 saturated carbocycles. The number of carbonyl (C=O) groups is 1. The predicted octanol–water partition coefficient (Wildman–Crippen LogP) is 5.53. The fourth-order valence-corrected chi connectivity index (χ4v) is 3.57. The van der Waals surface area contributed by atoms with Gasteiger partial charge in [-0.2, -0.15) is 0 Å². The lowest BCUT2D eigenvalue weighted by Gasteiger charge is -2.32. The Morgan fingerprint density at radius 2 is 1.92 bits per heavy atom. The van der Waals surface area contributed by atoms with Crippen molar-refractivity contribution in [3.8, 4) is 11.5 Å². The van der Waals surface area contributed by atoms with E-state index in [-0.39, 0.29) is 11.9 Å². The molecule has 0 radical (unpaired) electrons. The van der Waals surface area contributed by atoms with Gasteiger partial charge in [-0.3, -0.25) is 4.79 Å². The average molecular weight is 352 g/mol. The quantitative estimate of drug-likeness (QED) is 0.686. The Hall–Kier alpha value is -2.29. The zero-order valence-corrected chi connectivity index (χ0v) is 16.2. The molecule has 0 saturated heterocycles. The molecule has 0 bridgehead atoms. The minimum Gasteiger partial charge on any atom is -0.491 e. The van der Waals surface area contributed by atoms with E-state index in [1.165, 1.54) is 5.56 Å². The molecule has 26 heavy (non-hydrogen) atoms. The van der Waals surface area contributed by atoms with Crippen molar-refractivity contribution in [2.24, 2.45) is 0 Å². The first-order valence-electron chi connectivity index (χ1n) is 9.41. The SMILES string of the molecule is Cc1cc(OC(C)CCCc2ccccc2)cc2c1C(=O)CC(C)(C)O2. The molecule has 0 spiro atoms. The molecule has 2 aromatic carbocycles. The summed E-state index contributed by atoms with van der Waals surface area (Å²) in [7, 11) is 0. The number of aryl methyl sites for hydroxylation is 2. The normalized spacial score (nSPS) is 16.5. The molecule has 138 valence electrons. The van der Waals surface area contributed by atoms with Crippen LogP contribution < -0.4 is 9.47 Å². The van der Waals surface area contributed by atoms with Crippen molar-refractivity contribution in [3.05, 3.63) is 59.2 Å². The van der Waals surface area contributed by atoms with Crippen LogP contribution in [0.4, 0.5) is 0 Å². The minimum absolute atomic E-state index is 0.114. The monoisotopic (exact) mass is 352 g/mol. The first-order chi connectivity index (χ1) is 12.3. The predicted molar refractivity (Wildman–Crippen MR) is 104 cm³/mol. The molecule has 0 amide bonds. The molecule has 0 fully saturated rings. The molecule has 0 N–H and O–H groups in total. The van der Waals surface area contributed by atoms with Crippen LogP contribution in [-0.4, -0.2) is 17.5 Å². The summed E-state index contributed by atoms with van der Waals surface area (Å²) in [6, 6.07) is 14.3.